The van der Waals surface area contributed by atoms with E-state index >= 15 is 0 Å². The van der Waals surface area contributed by atoms with E-state index in [1.807, 2.05) is 0 Å². The molecule has 1 amide bonds. The van der Waals surface area contributed by atoms with E-state index in [0.29, 0.717) is 31.5 Å². The van der Waals surface area contributed by atoms with E-state index in [9.17, 15) is 19.5 Å². The first-order valence-electron chi connectivity index (χ1n) is 8.19. The van der Waals surface area contributed by atoms with E-state index in [1.165, 1.54) is 19.6 Å². The number of methoxy groups -OCH3 is 1. The first-order chi connectivity index (χ1) is 12.5. The molecule has 0 spiro atoms. The van der Waals surface area contributed by atoms with Gasteiger partial charge < -0.3 is 19.3 Å². The molecule has 1 saturated heterocycles. The molecule has 26 heavy (non-hydrogen) atoms. The zero-order valence-electron chi connectivity index (χ0n) is 14.3. The van der Waals surface area contributed by atoms with Gasteiger partial charge in [0.2, 0.25) is 5.91 Å². The Kier molecular flexibility index (Phi) is 5.01. The fraction of sp³-hybridized carbons (Fsp3) is 0.333. The van der Waals surface area contributed by atoms with Gasteiger partial charge in [-0.2, -0.15) is 0 Å². The van der Waals surface area contributed by atoms with Gasteiger partial charge >= 0.3 is 11.9 Å². The highest BCUT2D eigenvalue weighted by Gasteiger charge is 2.31. The SMILES string of the molecule is COC(=O)c1ccc(CN2C(=O)CC[C@H]2Cn2cncc2C(=O)O)cc1. The second-order valence-electron chi connectivity index (χ2n) is 6.14. The Hall–Kier alpha value is -3.16. The van der Waals surface area contributed by atoms with Crippen molar-refractivity contribution in [1.82, 2.24) is 14.5 Å². The average Bonchev–Trinajstić information content (AvgIpc) is 3.24. The molecule has 2 heterocycles. The zero-order valence-corrected chi connectivity index (χ0v) is 14.3. The lowest BCUT2D eigenvalue weighted by molar-refractivity contribution is -0.129. The van der Waals surface area contributed by atoms with Crippen LogP contribution in [0.5, 0.6) is 0 Å². The predicted octanol–water partition coefficient (Wildman–Crippen LogP) is 1.56. The van der Waals surface area contributed by atoms with Crippen LogP contribution in [-0.2, 0) is 22.6 Å². The number of aromatic carboxylic acids is 1. The van der Waals surface area contributed by atoms with Crippen molar-refractivity contribution in [3.63, 3.8) is 0 Å². The van der Waals surface area contributed by atoms with Gasteiger partial charge in [-0.05, 0) is 24.1 Å². The van der Waals surface area contributed by atoms with Crippen molar-refractivity contribution in [1.29, 1.82) is 0 Å². The van der Waals surface area contributed by atoms with E-state index in [0.717, 1.165) is 5.56 Å². The molecule has 1 aromatic carbocycles. The Labute approximate surface area is 150 Å². The van der Waals surface area contributed by atoms with E-state index in [1.54, 1.807) is 33.7 Å². The third kappa shape index (κ3) is 3.58. The van der Waals surface area contributed by atoms with Gasteiger partial charge in [-0.3, -0.25) is 4.79 Å². The summed E-state index contributed by atoms with van der Waals surface area (Å²) in [6, 6.07) is 6.79. The molecule has 8 heteroatoms. The van der Waals surface area contributed by atoms with Gasteiger partial charge in [0.25, 0.3) is 0 Å². The Morgan fingerprint density at radius 2 is 2.04 bits per heavy atom. The molecule has 1 fully saturated rings. The summed E-state index contributed by atoms with van der Waals surface area (Å²) in [6.07, 6.45) is 3.86. The molecule has 3 rings (SSSR count). The zero-order chi connectivity index (χ0) is 18.7. The number of amides is 1. The second kappa shape index (κ2) is 7.38. The Bertz CT molecular complexity index is 828. The highest BCUT2D eigenvalue weighted by atomic mass is 16.5. The van der Waals surface area contributed by atoms with Crippen molar-refractivity contribution >= 4 is 17.8 Å². The molecule has 2 aromatic rings. The number of carboxylic acid groups (broad SMARTS) is 1. The van der Waals surface area contributed by atoms with Crippen molar-refractivity contribution in [2.45, 2.75) is 32.0 Å². The molecule has 0 aliphatic carbocycles. The van der Waals surface area contributed by atoms with Crippen LogP contribution in [-0.4, -0.2) is 50.6 Å². The maximum atomic E-state index is 12.3. The van der Waals surface area contributed by atoms with Crippen LogP contribution in [0.1, 0.15) is 39.3 Å². The molecule has 136 valence electrons. The lowest BCUT2D eigenvalue weighted by Gasteiger charge is -2.25. The van der Waals surface area contributed by atoms with Crippen LogP contribution in [0.4, 0.5) is 0 Å². The van der Waals surface area contributed by atoms with Crippen LogP contribution in [0.3, 0.4) is 0 Å². The van der Waals surface area contributed by atoms with Crippen LogP contribution in [0.2, 0.25) is 0 Å². The minimum absolute atomic E-state index is 0.0315. The number of aromatic nitrogens is 2. The summed E-state index contributed by atoms with van der Waals surface area (Å²) in [7, 11) is 1.32. The Balaban J connectivity index is 1.73. The number of esters is 1. The lowest BCUT2D eigenvalue weighted by Crippen LogP contribution is -2.35. The number of carboxylic acids is 1. The molecule has 0 unspecified atom stereocenters. The van der Waals surface area contributed by atoms with Crippen LogP contribution >= 0.6 is 0 Å². The van der Waals surface area contributed by atoms with E-state index in [4.69, 9.17) is 0 Å². The predicted molar refractivity (Wildman–Crippen MR) is 90.5 cm³/mol. The number of carbonyl (C=O) groups excluding carboxylic acids is 2. The highest BCUT2D eigenvalue weighted by molar-refractivity contribution is 5.89. The first kappa shape index (κ1) is 17.7. The normalized spacial score (nSPS) is 16.7. The molecule has 1 aromatic heterocycles. The van der Waals surface area contributed by atoms with E-state index in [2.05, 4.69) is 9.72 Å². The third-order valence-corrected chi connectivity index (χ3v) is 4.52. The third-order valence-electron chi connectivity index (χ3n) is 4.52. The topological polar surface area (TPSA) is 102 Å². The summed E-state index contributed by atoms with van der Waals surface area (Å²) in [5.41, 5.74) is 1.44. The fourth-order valence-corrected chi connectivity index (χ4v) is 3.13. The van der Waals surface area contributed by atoms with Gasteiger partial charge in [-0.1, -0.05) is 12.1 Å². The largest absolute Gasteiger partial charge is 0.477 e. The van der Waals surface area contributed by atoms with Crippen LogP contribution in [0, 0.1) is 0 Å². The number of hydrogen-bond donors (Lipinski definition) is 1. The van der Waals surface area contributed by atoms with Crippen molar-refractivity contribution in [3.8, 4) is 0 Å². The van der Waals surface area contributed by atoms with Crippen LogP contribution in [0.25, 0.3) is 0 Å². The Morgan fingerprint density at radius 1 is 1.31 bits per heavy atom. The minimum atomic E-state index is -1.04. The molecule has 1 aliphatic rings. The summed E-state index contributed by atoms with van der Waals surface area (Å²) in [4.78, 5) is 40.6. The van der Waals surface area contributed by atoms with Gasteiger partial charge in [0.05, 0.1) is 31.2 Å². The quantitative estimate of drug-likeness (QED) is 0.787. The molecule has 1 aliphatic heterocycles. The first-order valence-corrected chi connectivity index (χ1v) is 8.19. The molecule has 0 bridgehead atoms. The van der Waals surface area contributed by atoms with Crippen molar-refractivity contribution in [2.75, 3.05) is 7.11 Å². The molecule has 0 saturated carbocycles. The summed E-state index contributed by atoms with van der Waals surface area (Å²) in [5.74, 6) is -1.42. The second-order valence-corrected chi connectivity index (χ2v) is 6.14. The maximum absolute atomic E-state index is 12.3. The van der Waals surface area contributed by atoms with E-state index < -0.39 is 11.9 Å². The van der Waals surface area contributed by atoms with Gasteiger partial charge in [-0.25, -0.2) is 14.6 Å². The van der Waals surface area contributed by atoms with Crippen molar-refractivity contribution < 1.29 is 24.2 Å². The number of imidazole rings is 1. The summed E-state index contributed by atoms with van der Waals surface area (Å²) in [5, 5.41) is 9.19. The van der Waals surface area contributed by atoms with Gasteiger partial charge in [0.15, 0.2) is 0 Å². The molecule has 0 radical (unpaired) electrons. The molecule has 1 atom stereocenters. The van der Waals surface area contributed by atoms with Gasteiger partial charge in [0.1, 0.15) is 5.69 Å². The number of benzene rings is 1. The summed E-state index contributed by atoms with van der Waals surface area (Å²) in [6.45, 7) is 0.787. The number of carbonyl (C=O) groups is 3. The van der Waals surface area contributed by atoms with Gasteiger partial charge in [0, 0.05) is 19.5 Å². The number of hydrogen-bond acceptors (Lipinski definition) is 5. The molecular formula is C18H19N3O5. The van der Waals surface area contributed by atoms with Gasteiger partial charge in [-0.15, -0.1) is 0 Å². The number of nitrogens with zero attached hydrogens (tertiary/aromatic N) is 3. The van der Waals surface area contributed by atoms with Crippen molar-refractivity contribution in [2.24, 2.45) is 0 Å². The smallest absolute Gasteiger partial charge is 0.354 e. The molecule has 8 nitrogen and oxygen atoms in total. The number of ether oxygens (including phenoxy) is 1. The average molecular weight is 357 g/mol. The van der Waals surface area contributed by atoms with Crippen LogP contribution in [0.15, 0.2) is 36.8 Å². The fourth-order valence-electron chi connectivity index (χ4n) is 3.13. The minimum Gasteiger partial charge on any atom is -0.477 e. The Morgan fingerprint density at radius 3 is 2.69 bits per heavy atom. The van der Waals surface area contributed by atoms with E-state index in [-0.39, 0.29) is 17.6 Å². The molecule has 1 N–H and O–H groups in total. The molecular weight excluding hydrogens is 338 g/mol. The summed E-state index contributed by atoms with van der Waals surface area (Å²) >= 11 is 0. The maximum Gasteiger partial charge on any atom is 0.354 e. The number of likely N-dealkylation sites (tertiary alicyclic amines) is 1. The van der Waals surface area contributed by atoms with Crippen LogP contribution < -0.4 is 0 Å². The number of rotatable bonds is 6. The summed E-state index contributed by atoms with van der Waals surface area (Å²) < 4.78 is 6.23. The lowest BCUT2D eigenvalue weighted by atomic mass is 10.1. The standard InChI is InChI=1S/C18H19N3O5/c1-26-18(25)13-4-2-12(3-5-13)9-21-14(6-7-16(21)22)10-20-11-19-8-15(20)17(23)24/h2-5,8,11,14H,6-7,9-10H2,1H3,(H,23,24)/t14-/m0/s1. The monoisotopic (exact) mass is 357 g/mol. The van der Waals surface area contributed by atoms with Crippen molar-refractivity contribution in [3.05, 3.63) is 53.6 Å². The highest BCUT2D eigenvalue weighted by Crippen LogP contribution is 2.23.